The van der Waals surface area contributed by atoms with E-state index in [-0.39, 0.29) is 13.0 Å². The second-order valence-electron chi connectivity index (χ2n) is 3.40. The van der Waals surface area contributed by atoms with Gasteiger partial charge in [-0.1, -0.05) is 19.8 Å². The lowest BCUT2D eigenvalue weighted by atomic mass is 10.2. The van der Waals surface area contributed by atoms with Crippen molar-refractivity contribution in [2.75, 3.05) is 0 Å². The number of tetrazole rings is 1. The highest BCUT2D eigenvalue weighted by Crippen LogP contribution is 2.00. The van der Waals surface area contributed by atoms with Crippen LogP contribution in [0.2, 0.25) is 0 Å². The maximum atomic E-state index is 10.3. The average molecular weight is 212 g/mol. The molecule has 1 aromatic rings. The van der Waals surface area contributed by atoms with Crippen molar-refractivity contribution in [1.29, 1.82) is 0 Å². The van der Waals surface area contributed by atoms with Crippen molar-refractivity contribution in [3.63, 3.8) is 0 Å². The number of aryl methyl sites for hydroxylation is 2. The van der Waals surface area contributed by atoms with Crippen LogP contribution < -0.4 is 0 Å². The number of carboxylic acids is 1. The Balaban J connectivity index is 2.32. The van der Waals surface area contributed by atoms with Crippen LogP contribution in [0.5, 0.6) is 0 Å². The van der Waals surface area contributed by atoms with E-state index in [0.29, 0.717) is 5.82 Å². The molecule has 1 heterocycles. The van der Waals surface area contributed by atoms with Gasteiger partial charge in [-0.3, -0.25) is 4.79 Å². The Morgan fingerprint density at radius 3 is 2.93 bits per heavy atom. The van der Waals surface area contributed by atoms with Crippen LogP contribution in [0.25, 0.3) is 0 Å². The van der Waals surface area contributed by atoms with E-state index in [1.807, 2.05) is 0 Å². The van der Waals surface area contributed by atoms with Gasteiger partial charge in [-0.25, -0.2) is 0 Å². The molecule has 0 saturated carbocycles. The Morgan fingerprint density at radius 2 is 2.27 bits per heavy atom. The molecule has 0 aromatic carbocycles. The van der Waals surface area contributed by atoms with Gasteiger partial charge in [0.05, 0.1) is 13.0 Å². The maximum Gasteiger partial charge on any atom is 0.305 e. The largest absolute Gasteiger partial charge is 0.481 e. The highest BCUT2D eigenvalue weighted by molar-refractivity contribution is 5.66. The summed E-state index contributed by atoms with van der Waals surface area (Å²) in [6, 6.07) is 0. The summed E-state index contributed by atoms with van der Waals surface area (Å²) in [5, 5.41) is 20.2. The molecule has 0 amide bonds. The maximum absolute atomic E-state index is 10.3. The van der Waals surface area contributed by atoms with Gasteiger partial charge >= 0.3 is 5.97 Å². The lowest BCUT2D eigenvalue weighted by Crippen LogP contribution is -2.07. The van der Waals surface area contributed by atoms with Gasteiger partial charge in [-0.2, -0.15) is 4.80 Å². The second-order valence-corrected chi connectivity index (χ2v) is 3.40. The molecule has 1 aromatic heterocycles. The SMILES string of the molecule is CCCCCc1nnn(CCC(=O)O)n1. The lowest BCUT2D eigenvalue weighted by Gasteiger charge is -1.94. The normalized spacial score (nSPS) is 10.5. The van der Waals surface area contributed by atoms with Crippen molar-refractivity contribution in [2.24, 2.45) is 0 Å². The van der Waals surface area contributed by atoms with Crippen LogP contribution in [-0.4, -0.2) is 31.3 Å². The molecule has 0 bridgehead atoms. The first-order chi connectivity index (χ1) is 7.22. The van der Waals surface area contributed by atoms with Crippen LogP contribution in [0.1, 0.15) is 38.4 Å². The van der Waals surface area contributed by atoms with Crippen LogP contribution in [0, 0.1) is 0 Å². The Bertz CT molecular complexity index is 311. The Kier molecular flexibility index (Phi) is 4.73. The molecule has 6 nitrogen and oxygen atoms in total. The first-order valence-electron chi connectivity index (χ1n) is 5.21. The third-order valence-electron chi connectivity index (χ3n) is 2.02. The third kappa shape index (κ3) is 4.53. The van der Waals surface area contributed by atoms with Crippen molar-refractivity contribution in [3.05, 3.63) is 5.82 Å². The smallest absolute Gasteiger partial charge is 0.305 e. The summed E-state index contributed by atoms with van der Waals surface area (Å²) in [6.45, 7) is 2.42. The predicted octanol–water partition coefficient (Wildman–Crippen LogP) is 0.881. The van der Waals surface area contributed by atoms with E-state index in [4.69, 9.17) is 5.11 Å². The number of nitrogens with zero attached hydrogens (tertiary/aromatic N) is 4. The van der Waals surface area contributed by atoms with Gasteiger partial charge in [0, 0.05) is 6.42 Å². The predicted molar refractivity (Wildman–Crippen MR) is 53.3 cm³/mol. The standard InChI is InChI=1S/C9H16N4O2/c1-2-3-4-5-8-10-12-13(11-8)7-6-9(14)15/h2-7H2,1H3,(H,14,15). The molecular formula is C9H16N4O2. The van der Waals surface area contributed by atoms with Crippen LogP contribution in [0.4, 0.5) is 0 Å². The van der Waals surface area contributed by atoms with Crippen molar-refractivity contribution in [2.45, 2.75) is 45.6 Å². The molecule has 6 heteroatoms. The first-order valence-corrected chi connectivity index (χ1v) is 5.21. The summed E-state index contributed by atoms with van der Waals surface area (Å²) in [4.78, 5) is 11.6. The molecule has 15 heavy (non-hydrogen) atoms. The highest BCUT2D eigenvalue weighted by atomic mass is 16.4. The van der Waals surface area contributed by atoms with Crippen LogP contribution >= 0.6 is 0 Å². The van der Waals surface area contributed by atoms with Gasteiger partial charge in [0.15, 0.2) is 5.82 Å². The Labute approximate surface area is 88.3 Å². The number of rotatable bonds is 7. The molecular weight excluding hydrogens is 196 g/mol. The number of carbonyl (C=O) groups is 1. The van der Waals surface area contributed by atoms with E-state index in [1.54, 1.807) is 0 Å². The fraction of sp³-hybridized carbons (Fsp3) is 0.778. The molecule has 0 fully saturated rings. The third-order valence-corrected chi connectivity index (χ3v) is 2.02. The molecule has 0 aliphatic rings. The number of aliphatic carboxylic acids is 1. The van der Waals surface area contributed by atoms with Crippen LogP contribution in [-0.2, 0) is 17.8 Å². The topological polar surface area (TPSA) is 80.9 Å². The van der Waals surface area contributed by atoms with Gasteiger partial charge in [-0.05, 0) is 11.6 Å². The van der Waals surface area contributed by atoms with Gasteiger partial charge in [0.2, 0.25) is 0 Å². The number of carboxylic acid groups (broad SMARTS) is 1. The van der Waals surface area contributed by atoms with Crippen molar-refractivity contribution in [3.8, 4) is 0 Å². The molecule has 0 unspecified atom stereocenters. The summed E-state index contributed by atoms with van der Waals surface area (Å²) in [5.41, 5.74) is 0. The summed E-state index contributed by atoms with van der Waals surface area (Å²) in [7, 11) is 0. The van der Waals surface area contributed by atoms with Crippen LogP contribution in [0.3, 0.4) is 0 Å². The number of hydrogen-bond acceptors (Lipinski definition) is 4. The molecule has 0 saturated heterocycles. The van der Waals surface area contributed by atoms with Gasteiger partial charge in [0.25, 0.3) is 0 Å². The molecule has 0 radical (unpaired) electrons. The van der Waals surface area contributed by atoms with Crippen molar-refractivity contribution < 1.29 is 9.90 Å². The Hall–Kier alpha value is -1.46. The zero-order valence-corrected chi connectivity index (χ0v) is 8.89. The highest BCUT2D eigenvalue weighted by Gasteiger charge is 2.04. The van der Waals surface area contributed by atoms with Gasteiger partial charge in [0.1, 0.15) is 0 Å². The van der Waals surface area contributed by atoms with E-state index in [2.05, 4.69) is 22.3 Å². The molecule has 1 N–H and O–H groups in total. The molecule has 0 atom stereocenters. The minimum absolute atomic E-state index is 0.0325. The van der Waals surface area contributed by atoms with E-state index >= 15 is 0 Å². The summed E-state index contributed by atoms with van der Waals surface area (Å²) >= 11 is 0. The lowest BCUT2D eigenvalue weighted by molar-refractivity contribution is -0.137. The summed E-state index contributed by atoms with van der Waals surface area (Å²) < 4.78 is 0. The Morgan fingerprint density at radius 1 is 1.47 bits per heavy atom. The molecule has 0 aliphatic heterocycles. The molecule has 0 spiro atoms. The number of hydrogen-bond donors (Lipinski definition) is 1. The van der Waals surface area contributed by atoms with E-state index in [1.165, 1.54) is 4.80 Å². The van der Waals surface area contributed by atoms with E-state index < -0.39 is 5.97 Å². The fourth-order valence-electron chi connectivity index (χ4n) is 1.20. The van der Waals surface area contributed by atoms with Gasteiger partial charge in [-0.15, -0.1) is 10.2 Å². The minimum atomic E-state index is -0.847. The van der Waals surface area contributed by atoms with E-state index in [0.717, 1.165) is 25.7 Å². The van der Waals surface area contributed by atoms with Crippen molar-refractivity contribution >= 4 is 5.97 Å². The number of aromatic nitrogens is 4. The zero-order valence-electron chi connectivity index (χ0n) is 8.89. The fourth-order valence-corrected chi connectivity index (χ4v) is 1.20. The zero-order chi connectivity index (χ0) is 11.1. The van der Waals surface area contributed by atoms with Gasteiger partial charge < -0.3 is 5.11 Å². The monoisotopic (exact) mass is 212 g/mol. The minimum Gasteiger partial charge on any atom is -0.481 e. The molecule has 1 rings (SSSR count). The first kappa shape index (κ1) is 11.6. The average Bonchev–Trinajstić information content (AvgIpc) is 2.63. The second kappa shape index (κ2) is 6.10. The van der Waals surface area contributed by atoms with Crippen LogP contribution in [0.15, 0.2) is 0 Å². The summed E-state index contributed by atoms with van der Waals surface area (Å²) in [6.07, 6.45) is 4.23. The number of unbranched alkanes of at least 4 members (excludes halogenated alkanes) is 2. The summed E-state index contributed by atoms with van der Waals surface area (Å²) in [5.74, 6) is -0.145. The quantitative estimate of drug-likeness (QED) is 0.678. The van der Waals surface area contributed by atoms with E-state index in [9.17, 15) is 4.79 Å². The van der Waals surface area contributed by atoms with Crippen molar-refractivity contribution in [1.82, 2.24) is 20.2 Å². The molecule has 0 aliphatic carbocycles. The molecule has 84 valence electrons.